The number of nitrogens with two attached hydrogens (primary N) is 2. The number of nitroso groups, excluding NO2 is 1. The molecule has 1 aromatic rings. The van der Waals surface area contributed by atoms with Gasteiger partial charge in [-0.3, -0.25) is 0 Å². The Labute approximate surface area is 80.3 Å². The Bertz CT molecular complexity index is 444. The molecule has 0 aliphatic rings. The van der Waals surface area contributed by atoms with Crippen molar-refractivity contribution >= 4 is 15.7 Å². The van der Waals surface area contributed by atoms with E-state index in [1.165, 1.54) is 18.2 Å². The second-order valence-electron chi connectivity index (χ2n) is 2.47. The third-order valence-electron chi connectivity index (χ3n) is 1.50. The Balaban J connectivity index is 3.20. The number of sulfonamides is 1. The molecule has 0 aliphatic carbocycles. The van der Waals surface area contributed by atoms with Gasteiger partial charge in [0.15, 0.2) is 0 Å². The Morgan fingerprint density at radius 1 is 1.36 bits per heavy atom. The topological polar surface area (TPSA) is 119 Å². The highest BCUT2D eigenvalue weighted by Crippen LogP contribution is 2.16. The quantitative estimate of drug-likeness (QED) is 0.408. The third kappa shape index (κ3) is 2.25. The molecule has 0 aromatic heterocycles. The van der Waals surface area contributed by atoms with E-state index in [0.717, 1.165) is 6.07 Å². The summed E-state index contributed by atoms with van der Waals surface area (Å²) in [5, 5.41) is 7.79. The van der Waals surface area contributed by atoms with Crippen molar-refractivity contribution < 1.29 is 8.42 Å². The van der Waals surface area contributed by atoms with Crippen molar-refractivity contribution in [2.24, 2.45) is 16.3 Å². The van der Waals surface area contributed by atoms with Gasteiger partial charge in [-0.2, -0.15) is 5.12 Å². The van der Waals surface area contributed by atoms with Crippen molar-refractivity contribution in [1.29, 1.82) is 0 Å². The standard InChI is InChI=1S/C6H8N4O3S/c7-10(9-11)5-2-1-3-6(4-5)14(8,12)13/h1-4H,7H2,(H2,8,12,13). The van der Waals surface area contributed by atoms with E-state index in [-0.39, 0.29) is 10.6 Å². The molecule has 0 fully saturated rings. The van der Waals surface area contributed by atoms with Gasteiger partial charge in [0, 0.05) is 0 Å². The number of anilines is 1. The molecule has 1 rings (SSSR count). The fourth-order valence-electron chi connectivity index (χ4n) is 0.850. The van der Waals surface area contributed by atoms with Gasteiger partial charge in [-0.15, -0.1) is 4.91 Å². The first-order valence-corrected chi connectivity index (χ1v) is 5.01. The molecule has 0 saturated carbocycles. The van der Waals surface area contributed by atoms with Crippen LogP contribution < -0.4 is 16.1 Å². The van der Waals surface area contributed by atoms with E-state index < -0.39 is 10.0 Å². The fourth-order valence-corrected chi connectivity index (χ4v) is 1.40. The zero-order valence-electron chi connectivity index (χ0n) is 6.99. The van der Waals surface area contributed by atoms with E-state index >= 15 is 0 Å². The Kier molecular flexibility index (Phi) is 2.79. The summed E-state index contributed by atoms with van der Waals surface area (Å²) in [4.78, 5) is 9.91. The molecule has 1 aromatic carbocycles. The molecule has 4 N–H and O–H groups in total. The van der Waals surface area contributed by atoms with Crippen LogP contribution in [-0.4, -0.2) is 8.42 Å². The average molecular weight is 216 g/mol. The van der Waals surface area contributed by atoms with Crippen molar-refractivity contribution in [2.75, 3.05) is 5.12 Å². The molecule has 0 atom stereocenters. The molecule has 14 heavy (non-hydrogen) atoms. The molecule has 7 nitrogen and oxygen atoms in total. The van der Waals surface area contributed by atoms with Gasteiger partial charge < -0.3 is 0 Å². The van der Waals surface area contributed by atoms with E-state index in [4.69, 9.17) is 11.0 Å². The molecule has 0 saturated heterocycles. The maximum absolute atomic E-state index is 10.9. The van der Waals surface area contributed by atoms with Gasteiger partial charge >= 0.3 is 0 Å². The summed E-state index contributed by atoms with van der Waals surface area (Å²) in [5.74, 6) is 5.12. The molecule has 0 heterocycles. The molecule has 76 valence electrons. The summed E-state index contributed by atoms with van der Waals surface area (Å²) in [6.45, 7) is 0. The van der Waals surface area contributed by atoms with Crippen LogP contribution in [0.25, 0.3) is 0 Å². The van der Waals surface area contributed by atoms with Crippen LogP contribution in [0.15, 0.2) is 34.4 Å². The second kappa shape index (κ2) is 3.70. The summed E-state index contributed by atoms with van der Waals surface area (Å²) in [6.07, 6.45) is 0. The van der Waals surface area contributed by atoms with Crippen LogP contribution in [0.1, 0.15) is 0 Å². The predicted octanol–water partition coefficient (Wildman–Crippen LogP) is -0.304. The van der Waals surface area contributed by atoms with E-state index in [0.29, 0.717) is 5.12 Å². The summed E-state index contributed by atoms with van der Waals surface area (Å²) in [6, 6.07) is 5.27. The first kappa shape index (κ1) is 10.6. The number of nitrogens with zero attached hydrogens (tertiary/aromatic N) is 2. The summed E-state index contributed by atoms with van der Waals surface area (Å²) < 4.78 is 21.8. The number of hydrogen-bond donors (Lipinski definition) is 2. The van der Waals surface area contributed by atoms with Gasteiger partial charge in [-0.25, -0.2) is 19.4 Å². The average Bonchev–Trinajstić information content (AvgIpc) is 2.15. The van der Waals surface area contributed by atoms with E-state index in [9.17, 15) is 13.3 Å². The van der Waals surface area contributed by atoms with Gasteiger partial charge in [-0.1, -0.05) is 6.07 Å². The van der Waals surface area contributed by atoms with Gasteiger partial charge in [0.2, 0.25) is 10.0 Å². The second-order valence-corrected chi connectivity index (χ2v) is 4.03. The summed E-state index contributed by atoms with van der Waals surface area (Å²) in [5.41, 5.74) is 0.145. The molecule has 0 unspecified atom stereocenters. The van der Waals surface area contributed by atoms with Crippen LogP contribution in [-0.2, 0) is 10.0 Å². The molecule has 0 spiro atoms. The van der Waals surface area contributed by atoms with Gasteiger partial charge in [0.05, 0.1) is 15.9 Å². The molecule has 0 aliphatic heterocycles. The maximum Gasteiger partial charge on any atom is 0.238 e. The third-order valence-corrected chi connectivity index (χ3v) is 2.41. The largest absolute Gasteiger partial charge is 0.238 e. The van der Waals surface area contributed by atoms with E-state index in [2.05, 4.69) is 5.29 Å². The Hall–Kier alpha value is -1.51. The smallest absolute Gasteiger partial charge is 0.225 e. The zero-order chi connectivity index (χ0) is 10.8. The minimum Gasteiger partial charge on any atom is -0.225 e. The molecule has 0 amide bonds. The minimum atomic E-state index is -3.79. The van der Waals surface area contributed by atoms with E-state index in [1.54, 1.807) is 0 Å². The molecule has 8 heteroatoms. The maximum atomic E-state index is 10.9. The highest BCUT2D eigenvalue weighted by atomic mass is 32.2. The van der Waals surface area contributed by atoms with Crippen LogP contribution in [0.4, 0.5) is 5.69 Å². The first-order valence-electron chi connectivity index (χ1n) is 3.46. The lowest BCUT2D eigenvalue weighted by Crippen LogP contribution is -2.23. The highest BCUT2D eigenvalue weighted by molar-refractivity contribution is 7.89. The molecule has 0 radical (unpaired) electrons. The molecular weight excluding hydrogens is 208 g/mol. The number of hydrogen-bond acceptors (Lipinski definition) is 5. The number of benzene rings is 1. The van der Waals surface area contributed by atoms with Crippen LogP contribution in [0, 0.1) is 4.91 Å². The first-order chi connectivity index (χ1) is 6.45. The normalized spacial score (nSPS) is 11.0. The van der Waals surface area contributed by atoms with Crippen molar-refractivity contribution in [2.45, 2.75) is 4.90 Å². The van der Waals surface area contributed by atoms with Crippen molar-refractivity contribution in [3.8, 4) is 0 Å². The van der Waals surface area contributed by atoms with Gasteiger partial charge in [0.1, 0.15) is 0 Å². The minimum absolute atomic E-state index is 0.130. The van der Waals surface area contributed by atoms with Gasteiger partial charge in [-0.05, 0) is 18.2 Å². The highest BCUT2D eigenvalue weighted by Gasteiger charge is 2.09. The monoisotopic (exact) mass is 216 g/mol. The predicted molar refractivity (Wildman–Crippen MR) is 50.3 cm³/mol. The number of hydrazine groups is 1. The van der Waals surface area contributed by atoms with E-state index in [1.807, 2.05) is 0 Å². The number of rotatable bonds is 3. The van der Waals surface area contributed by atoms with Crippen LogP contribution in [0.2, 0.25) is 0 Å². The lowest BCUT2D eigenvalue weighted by Gasteiger charge is -2.08. The summed E-state index contributed by atoms with van der Waals surface area (Å²) >= 11 is 0. The number of primary sulfonamides is 1. The molecule has 0 bridgehead atoms. The zero-order valence-corrected chi connectivity index (χ0v) is 7.81. The van der Waals surface area contributed by atoms with Crippen molar-refractivity contribution in [3.05, 3.63) is 29.2 Å². The van der Waals surface area contributed by atoms with Crippen LogP contribution in [0.3, 0.4) is 0 Å². The lowest BCUT2D eigenvalue weighted by molar-refractivity contribution is 0.598. The summed E-state index contributed by atoms with van der Waals surface area (Å²) in [7, 11) is -3.79. The van der Waals surface area contributed by atoms with Crippen LogP contribution in [0.5, 0.6) is 0 Å². The Morgan fingerprint density at radius 2 is 2.00 bits per heavy atom. The van der Waals surface area contributed by atoms with Crippen molar-refractivity contribution in [1.82, 2.24) is 0 Å². The fraction of sp³-hybridized carbons (Fsp3) is 0. The lowest BCUT2D eigenvalue weighted by atomic mass is 10.3. The molecular formula is C6H8N4O3S. The SMILES string of the molecule is NN(N=O)c1cccc(S(N)(=O)=O)c1. The Morgan fingerprint density at radius 3 is 2.50 bits per heavy atom. The van der Waals surface area contributed by atoms with Crippen molar-refractivity contribution in [3.63, 3.8) is 0 Å². The van der Waals surface area contributed by atoms with Gasteiger partial charge in [0.25, 0.3) is 0 Å². The van der Waals surface area contributed by atoms with Crippen LogP contribution >= 0.6 is 0 Å².